The van der Waals surface area contributed by atoms with Crippen molar-refractivity contribution in [1.82, 2.24) is 0 Å². The monoisotopic (exact) mass is 650 g/mol. The molecule has 2 aliphatic rings. The molecule has 8 aromatic carbocycles. The maximum Gasteiger partial charge on any atom is 0.0746 e. The van der Waals surface area contributed by atoms with Crippen molar-refractivity contribution in [1.29, 1.82) is 0 Å². The topological polar surface area (TPSA) is 6.48 Å². The molecule has 1 spiro atoms. The third-order valence-electron chi connectivity index (χ3n) is 10.6. The van der Waals surface area contributed by atoms with Gasteiger partial charge in [0.05, 0.1) is 11.1 Å². The summed E-state index contributed by atoms with van der Waals surface area (Å²) in [4.78, 5) is 4.77. The van der Waals surface area contributed by atoms with E-state index in [0.717, 1.165) is 28.4 Å². The number of anilines is 6. The van der Waals surface area contributed by atoms with Gasteiger partial charge in [-0.3, -0.25) is 0 Å². The zero-order chi connectivity index (χ0) is 33.8. The smallest absolute Gasteiger partial charge is 0.0746 e. The molecule has 0 N–H and O–H groups in total. The van der Waals surface area contributed by atoms with Gasteiger partial charge >= 0.3 is 0 Å². The summed E-state index contributed by atoms with van der Waals surface area (Å²) >= 11 is 0. The van der Waals surface area contributed by atoms with Crippen molar-refractivity contribution in [2.24, 2.45) is 0 Å². The van der Waals surface area contributed by atoms with E-state index in [1.807, 2.05) is 0 Å². The maximum atomic E-state index is 2.45. The van der Waals surface area contributed by atoms with E-state index in [4.69, 9.17) is 0 Å². The predicted octanol–water partition coefficient (Wildman–Crippen LogP) is 13.0. The molecule has 2 nitrogen and oxygen atoms in total. The van der Waals surface area contributed by atoms with Crippen LogP contribution in [-0.2, 0) is 5.41 Å². The van der Waals surface area contributed by atoms with E-state index in [-0.39, 0.29) is 0 Å². The van der Waals surface area contributed by atoms with Gasteiger partial charge in [-0.1, -0.05) is 140 Å². The molecule has 0 saturated heterocycles. The van der Waals surface area contributed by atoms with Crippen molar-refractivity contribution in [2.45, 2.75) is 5.41 Å². The fraction of sp³-hybridized carbons (Fsp3) is 0.0204. The summed E-state index contributed by atoms with van der Waals surface area (Å²) in [5, 5.41) is 0. The van der Waals surface area contributed by atoms with E-state index in [9.17, 15) is 0 Å². The first-order chi connectivity index (χ1) is 25.3. The van der Waals surface area contributed by atoms with Crippen LogP contribution in [0.2, 0.25) is 0 Å². The molecule has 0 fully saturated rings. The minimum Gasteiger partial charge on any atom is -0.311 e. The summed E-state index contributed by atoms with van der Waals surface area (Å²) in [5.74, 6) is 0. The normalized spacial score (nSPS) is 12.9. The van der Waals surface area contributed by atoms with Gasteiger partial charge in [0.25, 0.3) is 0 Å². The SMILES string of the molecule is c1ccc(N(c2ccccc2)c2ccc(N(c3ccccc3)c3cccc4c3C3(c5ccccc5-c5ccccc53)c3ccccc3-4)cc2)cc1. The Labute approximate surface area is 299 Å². The largest absolute Gasteiger partial charge is 0.311 e. The summed E-state index contributed by atoms with van der Waals surface area (Å²) in [6.07, 6.45) is 0. The van der Waals surface area contributed by atoms with Crippen molar-refractivity contribution in [3.63, 3.8) is 0 Å². The quantitative estimate of drug-likeness (QED) is 0.177. The highest BCUT2D eigenvalue weighted by Gasteiger charge is 2.53. The summed E-state index contributed by atoms with van der Waals surface area (Å²) in [6.45, 7) is 0. The molecule has 0 atom stereocenters. The van der Waals surface area contributed by atoms with Crippen LogP contribution in [0, 0.1) is 0 Å². The number of fused-ring (bicyclic) bond motifs is 10. The Morgan fingerprint density at radius 3 is 1.06 bits per heavy atom. The second-order valence-electron chi connectivity index (χ2n) is 13.3. The van der Waals surface area contributed by atoms with Crippen LogP contribution in [0.1, 0.15) is 22.3 Å². The lowest BCUT2D eigenvalue weighted by Gasteiger charge is -2.36. The fourth-order valence-electron chi connectivity index (χ4n) is 8.68. The van der Waals surface area contributed by atoms with Gasteiger partial charge in [-0.2, -0.15) is 0 Å². The first-order valence-corrected chi connectivity index (χ1v) is 17.6. The first-order valence-electron chi connectivity index (χ1n) is 17.6. The van der Waals surface area contributed by atoms with Crippen LogP contribution in [0.15, 0.2) is 206 Å². The van der Waals surface area contributed by atoms with Gasteiger partial charge in [0.15, 0.2) is 0 Å². The molecule has 0 saturated carbocycles. The molecule has 0 bridgehead atoms. The summed E-state index contributed by atoms with van der Waals surface area (Å²) < 4.78 is 0. The molecule has 0 amide bonds. The Morgan fingerprint density at radius 1 is 0.255 bits per heavy atom. The number of hydrogen-bond acceptors (Lipinski definition) is 2. The lowest BCUT2D eigenvalue weighted by Crippen LogP contribution is -2.28. The molecule has 0 radical (unpaired) electrons. The van der Waals surface area contributed by atoms with Crippen molar-refractivity contribution in [2.75, 3.05) is 9.80 Å². The van der Waals surface area contributed by atoms with E-state index in [1.54, 1.807) is 0 Å². The van der Waals surface area contributed by atoms with E-state index < -0.39 is 5.41 Å². The van der Waals surface area contributed by atoms with Gasteiger partial charge in [0, 0.05) is 34.0 Å². The van der Waals surface area contributed by atoms with Crippen LogP contribution in [0.3, 0.4) is 0 Å². The minimum atomic E-state index is -0.458. The number of rotatable bonds is 6. The molecule has 0 aliphatic heterocycles. The molecule has 8 aromatic rings. The van der Waals surface area contributed by atoms with Crippen molar-refractivity contribution in [3.05, 3.63) is 229 Å². The molecule has 2 heteroatoms. The molecule has 0 unspecified atom stereocenters. The Morgan fingerprint density at radius 2 is 0.588 bits per heavy atom. The summed E-state index contributed by atoms with van der Waals surface area (Å²) in [5.41, 5.74) is 16.8. The van der Waals surface area contributed by atoms with Gasteiger partial charge in [-0.15, -0.1) is 0 Å². The highest BCUT2D eigenvalue weighted by Crippen LogP contribution is 2.65. The standard InChI is InChI=1S/C49H34N2/c1-4-17-35(18-5-1)50(36-19-6-2-7-20-36)38-31-33-39(34-32-38)51(37-21-8-3-9-22-37)47-30-16-26-43-42-25-12-15-29-46(42)49(48(43)47)44-27-13-10-23-40(44)41-24-11-14-28-45(41)49/h1-34H. The van der Waals surface area contributed by atoms with Crippen LogP contribution >= 0.6 is 0 Å². The highest BCUT2D eigenvalue weighted by atomic mass is 15.2. The van der Waals surface area contributed by atoms with E-state index in [1.165, 1.54) is 50.2 Å². The highest BCUT2D eigenvalue weighted by molar-refractivity contribution is 5.99. The van der Waals surface area contributed by atoms with Crippen LogP contribution in [0.5, 0.6) is 0 Å². The van der Waals surface area contributed by atoms with Crippen molar-refractivity contribution in [3.8, 4) is 22.3 Å². The number of nitrogens with zero attached hydrogens (tertiary/aromatic N) is 2. The predicted molar refractivity (Wildman–Crippen MR) is 212 cm³/mol. The number of benzene rings is 8. The molecular formula is C49H34N2. The molecule has 0 heterocycles. The summed E-state index contributed by atoms with van der Waals surface area (Å²) in [7, 11) is 0. The van der Waals surface area contributed by atoms with Crippen LogP contribution in [-0.4, -0.2) is 0 Å². The Kier molecular flexibility index (Phi) is 6.75. The van der Waals surface area contributed by atoms with Crippen LogP contribution in [0.4, 0.5) is 34.1 Å². The van der Waals surface area contributed by atoms with Crippen LogP contribution in [0.25, 0.3) is 22.3 Å². The molecule has 51 heavy (non-hydrogen) atoms. The van der Waals surface area contributed by atoms with E-state index in [0.29, 0.717) is 0 Å². The van der Waals surface area contributed by atoms with E-state index in [2.05, 4.69) is 216 Å². The molecular weight excluding hydrogens is 617 g/mol. The average molecular weight is 651 g/mol. The van der Waals surface area contributed by atoms with Crippen molar-refractivity contribution < 1.29 is 0 Å². The van der Waals surface area contributed by atoms with Gasteiger partial charge in [-0.25, -0.2) is 0 Å². The zero-order valence-corrected chi connectivity index (χ0v) is 28.0. The minimum absolute atomic E-state index is 0.458. The molecule has 2 aliphatic carbocycles. The maximum absolute atomic E-state index is 2.45. The second-order valence-corrected chi connectivity index (χ2v) is 13.3. The van der Waals surface area contributed by atoms with Gasteiger partial charge in [0.2, 0.25) is 0 Å². The van der Waals surface area contributed by atoms with Gasteiger partial charge < -0.3 is 9.80 Å². The molecule has 0 aromatic heterocycles. The fourth-order valence-corrected chi connectivity index (χ4v) is 8.68. The summed E-state index contributed by atoms with van der Waals surface area (Å²) in [6, 6.07) is 75.0. The van der Waals surface area contributed by atoms with E-state index >= 15 is 0 Å². The van der Waals surface area contributed by atoms with Crippen LogP contribution < -0.4 is 9.80 Å². The lowest BCUT2D eigenvalue weighted by atomic mass is 9.70. The Balaban J connectivity index is 1.21. The molecule has 10 rings (SSSR count). The van der Waals surface area contributed by atoms with Gasteiger partial charge in [-0.05, 0) is 106 Å². The van der Waals surface area contributed by atoms with Crippen molar-refractivity contribution >= 4 is 34.1 Å². The third kappa shape index (κ3) is 4.36. The second kappa shape index (κ2) is 11.8. The van der Waals surface area contributed by atoms with Gasteiger partial charge in [0.1, 0.15) is 0 Å². The average Bonchev–Trinajstić information content (AvgIpc) is 3.68. The lowest BCUT2D eigenvalue weighted by molar-refractivity contribution is 0.793. The molecule has 240 valence electrons. The Hall–Kier alpha value is -6.64. The zero-order valence-electron chi connectivity index (χ0n) is 28.0. The third-order valence-corrected chi connectivity index (χ3v) is 10.6. The Bertz CT molecular complexity index is 2420. The number of hydrogen-bond donors (Lipinski definition) is 0. The first kappa shape index (κ1) is 29.3. The number of para-hydroxylation sites is 3.